The number of fused-ring (bicyclic) bond motifs is 2. The van der Waals surface area contributed by atoms with E-state index in [1.807, 2.05) is 43.3 Å². The van der Waals surface area contributed by atoms with Crippen LogP contribution in [0, 0.1) is 18.8 Å². The fourth-order valence-corrected chi connectivity index (χ4v) is 4.27. The number of nitroso groups, excluding NO2 is 1. The quantitative estimate of drug-likeness (QED) is 0.226. The fourth-order valence-electron chi connectivity index (χ4n) is 3.50. The SMILES string of the molecule is Cc1ccc2ccccc2c1N=Nc1c(C)cc(S(=O)(=O)O)c2cc(N=O)ccc12. The van der Waals surface area contributed by atoms with Crippen LogP contribution in [0.5, 0.6) is 0 Å². The van der Waals surface area contributed by atoms with Gasteiger partial charge in [-0.15, -0.1) is 15.1 Å². The number of aryl methyl sites for hydroxylation is 2. The predicted octanol–water partition coefficient (Wildman–Crippen LogP) is 6.67. The summed E-state index contributed by atoms with van der Waals surface area (Å²) in [7, 11) is -4.51. The molecule has 0 saturated heterocycles. The van der Waals surface area contributed by atoms with Crippen LogP contribution in [0.2, 0.25) is 0 Å². The van der Waals surface area contributed by atoms with Crippen LogP contribution in [0.3, 0.4) is 0 Å². The Bertz CT molecular complexity index is 1460. The zero-order chi connectivity index (χ0) is 21.5. The Morgan fingerprint density at radius 2 is 1.47 bits per heavy atom. The molecule has 8 heteroatoms. The summed E-state index contributed by atoms with van der Waals surface area (Å²) in [5.74, 6) is 0. The summed E-state index contributed by atoms with van der Waals surface area (Å²) in [6.07, 6.45) is 0. The van der Waals surface area contributed by atoms with Crippen molar-refractivity contribution in [2.24, 2.45) is 15.4 Å². The summed E-state index contributed by atoms with van der Waals surface area (Å²) in [6.45, 7) is 3.62. The summed E-state index contributed by atoms with van der Waals surface area (Å²) < 4.78 is 33.4. The van der Waals surface area contributed by atoms with Crippen LogP contribution >= 0.6 is 0 Å². The van der Waals surface area contributed by atoms with E-state index in [4.69, 9.17) is 0 Å². The van der Waals surface area contributed by atoms with E-state index in [-0.39, 0.29) is 16.0 Å². The van der Waals surface area contributed by atoms with E-state index >= 15 is 0 Å². The van der Waals surface area contributed by atoms with Gasteiger partial charge in [0.25, 0.3) is 10.1 Å². The van der Waals surface area contributed by atoms with Gasteiger partial charge in [-0.25, -0.2) is 0 Å². The highest BCUT2D eigenvalue weighted by Crippen LogP contribution is 2.38. The second-order valence-corrected chi connectivity index (χ2v) is 8.38. The molecular weight excluding hydrogens is 402 g/mol. The Balaban J connectivity index is 1.98. The molecule has 0 aliphatic heterocycles. The van der Waals surface area contributed by atoms with Gasteiger partial charge in [0.05, 0.1) is 11.4 Å². The Kier molecular flexibility index (Phi) is 4.89. The number of hydrogen-bond donors (Lipinski definition) is 1. The average Bonchev–Trinajstić information content (AvgIpc) is 2.72. The molecule has 0 heterocycles. The van der Waals surface area contributed by atoms with E-state index in [0.717, 1.165) is 16.3 Å². The van der Waals surface area contributed by atoms with Gasteiger partial charge in [-0.05, 0) is 59.8 Å². The molecule has 0 saturated carbocycles. The van der Waals surface area contributed by atoms with Gasteiger partial charge in [0.15, 0.2) is 0 Å². The highest BCUT2D eigenvalue weighted by atomic mass is 32.2. The first-order valence-electron chi connectivity index (χ1n) is 9.08. The molecule has 0 aromatic heterocycles. The van der Waals surface area contributed by atoms with Crippen LogP contribution in [0.4, 0.5) is 17.1 Å². The van der Waals surface area contributed by atoms with Crippen LogP contribution in [-0.4, -0.2) is 13.0 Å². The lowest BCUT2D eigenvalue weighted by atomic mass is 10.0. The predicted molar refractivity (Wildman–Crippen MR) is 117 cm³/mol. The van der Waals surface area contributed by atoms with Gasteiger partial charge >= 0.3 is 0 Å². The second-order valence-electron chi connectivity index (χ2n) is 6.99. The molecular formula is C22H17N3O4S. The molecule has 0 bridgehead atoms. The molecule has 0 atom stereocenters. The maximum Gasteiger partial charge on any atom is 0.295 e. The minimum Gasteiger partial charge on any atom is -0.282 e. The van der Waals surface area contributed by atoms with Gasteiger partial charge in [-0.3, -0.25) is 4.55 Å². The molecule has 0 unspecified atom stereocenters. The normalized spacial score (nSPS) is 12.1. The third kappa shape index (κ3) is 3.47. The van der Waals surface area contributed by atoms with Gasteiger partial charge in [-0.2, -0.15) is 8.42 Å². The molecule has 1 N–H and O–H groups in total. The molecule has 0 aliphatic carbocycles. The third-order valence-electron chi connectivity index (χ3n) is 4.98. The van der Waals surface area contributed by atoms with Crippen LogP contribution in [-0.2, 0) is 10.1 Å². The first kappa shape index (κ1) is 19.8. The maximum atomic E-state index is 11.9. The second kappa shape index (κ2) is 7.40. The Morgan fingerprint density at radius 1 is 0.767 bits per heavy atom. The van der Waals surface area contributed by atoms with Crippen molar-refractivity contribution in [1.29, 1.82) is 0 Å². The van der Waals surface area contributed by atoms with E-state index < -0.39 is 10.1 Å². The molecule has 4 aromatic carbocycles. The summed E-state index contributed by atoms with van der Waals surface area (Å²) in [6, 6.07) is 17.4. The Labute approximate surface area is 172 Å². The van der Waals surface area contributed by atoms with Gasteiger partial charge < -0.3 is 0 Å². The van der Waals surface area contributed by atoms with Crippen molar-refractivity contribution >= 4 is 48.7 Å². The highest BCUT2D eigenvalue weighted by molar-refractivity contribution is 7.86. The zero-order valence-electron chi connectivity index (χ0n) is 16.2. The van der Waals surface area contributed by atoms with Crippen molar-refractivity contribution in [1.82, 2.24) is 0 Å². The molecule has 4 aromatic rings. The number of benzene rings is 4. The van der Waals surface area contributed by atoms with Gasteiger partial charge in [0.2, 0.25) is 0 Å². The zero-order valence-corrected chi connectivity index (χ0v) is 17.0. The van der Waals surface area contributed by atoms with Crippen molar-refractivity contribution in [2.45, 2.75) is 18.7 Å². The monoisotopic (exact) mass is 419 g/mol. The van der Waals surface area contributed by atoms with Crippen LogP contribution < -0.4 is 0 Å². The molecule has 4 rings (SSSR count). The van der Waals surface area contributed by atoms with Crippen LogP contribution in [0.15, 0.2) is 81.0 Å². The van der Waals surface area contributed by atoms with E-state index in [2.05, 4.69) is 15.4 Å². The topological polar surface area (TPSA) is 109 Å². The standard InChI is InChI=1S/C22H17N3O4S/c1-13-7-8-15-5-3-4-6-17(15)21(13)23-24-22-14(2)11-20(30(27,28)29)19-12-16(25-26)9-10-18(19)22/h3-12H,1-2H3,(H,27,28,29). The Morgan fingerprint density at radius 3 is 2.17 bits per heavy atom. The van der Waals surface area contributed by atoms with Crippen molar-refractivity contribution in [3.63, 3.8) is 0 Å². The van der Waals surface area contributed by atoms with E-state index in [1.54, 1.807) is 13.0 Å². The summed E-state index contributed by atoms with van der Waals surface area (Å²) in [5, 5.41) is 14.3. The molecule has 7 nitrogen and oxygen atoms in total. The number of hydrogen-bond acceptors (Lipinski definition) is 6. The van der Waals surface area contributed by atoms with Gasteiger partial charge in [0.1, 0.15) is 10.6 Å². The third-order valence-corrected chi connectivity index (χ3v) is 5.87. The van der Waals surface area contributed by atoms with Gasteiger partial charge in [-0.1, -0.05) is 36.4 Å². The van der Waals surface area contributed by atoms with Crippen molar-refractivity contribution in [3.05, 3.63) is 76.7 Å². The summed E-state index contributed by atoms with van der Waals surface area (Å²) in [5.41, 5.74) is 2.67. The largest absolute Gasteiger partial charge is 0.295 e. The van der Waals surface area contributed by atoms with E-state index in [0.29, 0.717) is 22.3 Å². The molecule has 0 spiro atoms. The minimum atomic E-state index is -4.51. The van der Waals surface area contributed by atoms with Crippen molar-refractivity contribution in [2.75, 3.05) is 0 Å². The average molecular weight is 419 g/mol. The first-order chi connectivity index (χ1) is 14.3. The highest BCUT2D eigenvalue weighted by Gasteiger charge is 2.19. The molecule has 150 valence electrons. The molecule has 0 radical (unpaired) electrons. The molecule has 0 amide bonds. The van der Waals surface area contributed by atoms with E-state index in [9.17, 15) is 17.9 Å². The van der Waals surface area contributed by atoms with Crippen LogP contribution in [0.25, 0.3) is 21.5 Å². The molecule has 30 heavy (non-hydrogen) atoms. The number of nitrogens with zero attached hydrogens (tertiary/aromatic N) is 3. The van der Waals surface area contributed by atoms with E-state index in [1.165, 1.54) is 18.2 Å². The van der Waals surface area contributed by atoms with Crippen LogP contribution in [0.1, 0.15) is 11.1 Å². The Hall–Kier alpha value is -3.49. The lowest BCUT2D eigenvalue weighted by Gasteiger charge is -2.10. The first-order valence-corrected chi connectivity index (χ1v) is 10.5. The molecule has 0 fully saturated rings. The van der Waals surface area contributed by atoms with Crippen molar-refractivity contribution < 1.29 is 13.0 Å². The van der Waals surface area contributed by atoms with Crippen molar-refractivity contribution in [3.8, 4) is 0 Å². The number of azo groups is 1. The smallest absolute Gasteiger partial charge is 0.282 e. The molecule has 0 aliphatic rings. The fraction of sp³-hybridized carbons (Fsp3) is 0.0909. The number of rotatable bonds is 4. The van der Waals surface area contributed by atoms with Gasteiger partial charge in [0, 0.05) is 16.2 Å². The minimum absolute atomic E-state index is 0.0454. The lowest BCUT2D eigenvalue weighted by molar-refractivity contribution is 0.484. The summed E-state index contributed by atoms with van der Waals surface area (Å²) in [4.78, 5) is 10.6. The summed E-state index contributed by atoms with van der Waals surface area (Å²) >= 11 is 0. The maximum absolute atomic E-state index is 11.9. The lowest BCUT2D eigenvalue weighted by Crippen LogP contribution is -2.00.